The van der Waals surface area contributed by atoms with Crippen molar-refractivity contribution in [3.63, 3.8) is 0 Å². The molecule has 202 valence electrons. The molecule has 1 aromatic heterocycles. The number of nitrogens with zero attached hydrogens (tertiary/aromatic N) is 1. The fraction of sp³-hybridized carbons (Fsp3) is 0.130. The molecule has 38 heavy (non-hydrogen) atoms. The van der Waals surface area contributed by atoms with Crippen LogP contribution in [-0.4, -0.2) is 17.1 Å². The van der Waals surface area contributed by atoms with Crippen molar-refractivity contribution in [1.82, 2.24) is 10.4 Å². The van der Waals surface area contributed by atoms with E-state index in [0.717, 1.165) is 18.2 Å². The molecule has 2 N–H and O–H groups in total. The van der Waals surface area contributed by atoms with Crippen molar-refractivity contribution < 1.29 is 35.5 Å². The number of benzene rings is 2. The van der Waals surface area contributed by atoms with E-state index in [1.54, 1.807) is 0 Å². The molecule has 15 heteroatoms. The van der Waals surface area contributed by atoms with Crippen LogP contribution >= 0.6 is 46.4 Å². The number of allylic oxidation sites excluding steroid dienone is 1. The first kappa shape index (κ1) is 29.8. The quantitative estimate of drug-likeness (QED) is 0.164. The molecule has 0 radical (unpaired) electrons. The van der Waals surface area contributed by atoms with Crippen LogP contribution < -0.4 is 10.9 Å². The number of pyridine rings is 1. The molecule has 3 aromatic rings. The summed E-state index contributed by atoms with van der Waals surface area (Å²) in [7, 11) is 0. The average Bonchev–Trinajstić information content (AvgIpc) is 2.83. The molecule has 1 atom stereocenters. The van der Waals surface area contributed by atoms with Gasteiger partial charge in [-0.05, 0) is 48.0 Å². The Hall–Kier alpha value is -2.73. The zero-order valence-electron chi connectivity index (χ0n) is 18.3. The first-order chi connectivity index (χ1) is 17.6. The Morgan fingerprint density at radius 1 is 0.921 bits per heavy atom. The monoisotopic (exact) mass is 619 g/mol. The van der Waals surface area contributed by atoms with Crippen LogP contribution in [0.1, 0.15) is 33.0 Å². The van der Waals surface area contributed by atoms with E-state index in [0.29, 0.717) is 6.07 Å². The maximum Gasteiger partial charge on any atom is 0.417 e. The molecule has 4 nitrogen and oxygen atoms in total. The summed E-state index contributed by atoms with van der Waals surface area (Å²) in [5, 5.41) is -0.861. The van der Waals surface area contributed by atoms with Crippen molar-refractivity contribution in [2.45, 2.75) is 18.3 Å². The highest BCUT2D eigenvalue weighted by atomic mass is 35.5. The van der Waals surface area contributed by atoms with E-state index in [-0.39, 0.29) is 38.1 Å². The minimum atomic E-state index is -5.17. The summed E-state index contributed by atoms with van der Waals surface area (Å²) in [6.07, 6.45) is -8.89. The molecule has 1 heterocycles. The van der Waals surface area contributed by atoms with Gasteiger partial charge in [-0.15, -0.1) is 0 Å². The number of carbonyl (C=O) groups excluding carboxylic acids is 1. The molecule has 0 aliphatic carbocycles. The number of carbonyl (C=O) groups is 1. The van der Waals surface area contributed by atoms with Crippen LogP contribution in [0.4, 0.5) is 36.6 Å². The number of alkyl halides is 6. The van der Waals surface area contributed by atoms with Crippen LogP contribution in [0.25, 0.3) is 5.83 Å². The summed E-state index contributed by atoms with van der Waals surface area (Å²) in [5.74, 6) is -5.65. The Labute approximate surface area is 230 Å². The lowest BCUT2D eigenvalue weighted by Crippen LogP contribution is -2.31. The number of halogens is 11. The second-order valence-corrected chi connectivity index (χ2v) is 9.10. The number of rotatable bonds is 6. The summed E-state index contributed by atoms with van der Waals surface area (Å²) in [6, 6.07) is 6.04. The number of hydrogen-bond donors (Lipinski definition) is 2. The van der Waals surface area contributed by atoms with Crippen LogP contribution in [0, 0.1) is 0 Å². The first-order valence-electron chi connectivity index (χ1n) is 10.1. The summed E-state index contributed by atoms with van der Waals surface area (Å²) in [6.45, 7) is 0. The summed E-state index contributed by atoms with van der Waals surface area (Å²) < 4.78 is 97.4. The third-order valence-corrected chi connectivity index (χ3v) is 6.43. The van der Waals surface area contributed by atoms with Gasteiger partial charge in [-0.1, -0.05) is 52.5 Å². The van der Waals surface area contributed by atoms with E-state index in [4.69, 9.17) is 46.4 Å². The van der Waals surface area contributed by atoms with Gasteiger partial charge in [0.05, 0.1) is 31.2 Å². The smallest absolute Gasteiger partial charge is 0.280 e. The van der Waals surface area contributed by atoms with Crippen molar-refractivity contribution in [3.8, 4) is 0 Å². The second kappa shape index (κ2) is 11.6. The highest BCUT2D eigenvalue weighted by Gasteiger charge is 2.41. The number of anilines is 1. The van der Waals surface area contributed by atoms with E-state index in [1.165, 1.54) is 18.3 Å². The summed E-state index contributed by atoms with van der Waals surface area (Å²) >= 11 is 23.2. The lowest BCUT2D eigenvalue weighted by Gasteiger charge is -2.19. The van der Waals surface area contributed by atoms with Gasteiger partial charge in [0, 0.05) is 11.8 Å². The van der Waals surface area contributed by atoms with Crippen molar-refractivity contribution in [2.24, 2.45) is 0 Å². The Morgan fingerprint density at radius 2 is 1.55 bits per heavy atom. The Kier molecular flexibility index (Phi) is 9.08. The minimum absolute atomic E-state index is 0.0499. The zero-order valence-corrected chi connectivity index (χ0v) is 21.3. The number of nitrogens with one attached hydrogen (secondary N) is 2. The minimum Gasteiger partial charge on any atom is -0.280 e. The Bertz CT molecular complexity index is 1370. The molecular formula is C23H12Cl4F7N3O. The van der Waals surface area contributed by atoms with E-state index in [1.807, 2.05) is 5.43 Å². The van der Waals surface area contributed by atoms with Gasteiger partial charge < -0.3 is 0 Å². The Balaban J connectivity index is 1.99. The highest BCUT2D eigenvalue weighted by molar-refractivity contribution is 6.48. The Morgan fingerprint density at radius 3 is 2.11 bits per heavy atom. The van der Waals surface area contributed by atoms with Crippen LogP contribution in [0.15, 0.2) is 54.7 Å². The van der Waals surface area contributed by atoms with Crippen LogP contribution in [0.3, 0.4) is 0 Å². The number of aromatic nitrogens is 1. The van der Waals surface area contributed by atoms with Crippen LogP contribution in [0.5, 0.6) is 0 Å². The first-order valence-corrected chi connectivity index (χ1v) is 11.6. The van der Waals surface area contributed by atoms with Gasteiger partial charge in [0.2, 0.25) is 0 Å². The predicted molar refractivity (Wildman–Crippen MR) is 131 cm³/mol. The topological polar surface area (TPSA) is 54.0 Å². The molecule has 1 amide bonds. The lowest BCUT2D eigenvalue weighted by molar-refractivity contribution is -0.140. The van der Waals surface area contributed by atoms with E-state index in [9.17, 15) is 35.5 Å². The van der Waals surface area contributed by atoms with Gasteiger partial charge in [-0.2, -0.15) is 26.3 Å². The summed E-state index contributed by atoms with van der Waals surface area (Å²) in [5.41, 5.74) is 0.210. The van der Waals surface area contributed by atoms with E-state index >= 15 is 0 Å². The fourth-order valence-corrected chi connectivity index (χ4v) is 3.95. The molecule has 0 saturated heterocycles. The largest absolute Gasteiger partial charge is 0.417 e. The molecule has 2 aromatic carbocycles. The van der Waals surface area contributed by atoms with Crippen molar-refractivity contribution in [2.75, 3.05) is 5.43 Å². The van der Waals surface area contributed by atoms with Gasteiger partial charge in [0.25, 0.3) is 5.91 Å². The maximum absolute atomic E-state index is 15.0. The maximum atomic E-state index is 15.0. The van der Waals surface area contributed by atoms with Crippen LogP contribution in [-0.2, 0) is 6.18 Å². The van der Waals surface area contributed by atoms with E-state index < -0.39 is 52.3 Å². The molecule has 1 unspecified atom stereocenters. The zero-order chi connectivity index (χ0) is 28.4. The van der Waals surface area contributed by atoms with Gasteiger partial charge in [-0.25, -0.2) is 9.37 Å². The third-order valence-electron chi connectivity index (χ3n) is 4.93. The normalized spacial score (nSPS) is 13.3. The fourth-order valence-electron chi connectivity index (χ4n) is 3.16. The van der Waals surface area contributed by atoms with Gasteiger partial charge in [0.1, 0.15) is 11.7 Å². The third kappa shape index (κ3) is 7.02. The standard InChI is InChI=1S/C23H12Cl4F7N3O/c24-15-2-1-5-35-20(15)36-37-21(38)12-4-3-10(6-14(12)23(32,33)34)18(28)9-13(22(29,30)31)11-7-16(25)19(27)17(26)8-11/h1-9,13H,(H,35,36)(H,37,38). The average molecular weight is 621 g/mol. The van der Waals surface area contributed by atoms with Gasteiger partial charge >= 0.3 is 12.4 Å². The predicted octanol–water partition coefficient (Wildman–Crippen LogP) is 9.13. The van der Waals surface area contributed by atoms with Crippen molar-refractivity contribution in [3.05, 3.63) is 97.1 Å². The van der Waals surface area contributed by atoms with E-state index in [2.05, 4.69) is 10.4 Å². The number of hydrogen-bond acceptors (Lipinski definition) is 3. The second-order valence-electron chi connectivity index (χ2n) is 7.50. The molecule has 0 fully saturated rings. The molecule has 0 aliphatic rings. The molecule has 0 spiro atoms. The highest BCUT2D eigenvalue weighted by Crippen LogP contribution is 2.42. The lowest BCUT2D eigenvalue weighted by atomic mass is 9.95. The molecule has 0 saturated carbocycles. The van der Waals surface area contributed by atoms with Gasteiger partial charge in [0.15, 0.2) is 5.82 Å². The molecule has 0 aliphatic heterocycles. The van der Waals surface area contributed by atoms with Crippen LogP contribution in [0.2, 0.25) is 20.1 Å². The number of hydrazine groups is 1. The SMILES string of the molecule is O=C(NNc1ncccc1Cl)c1ccc(C(F)=CC(c2cc(Cl)c(Cl)c(Cl)c2)C(F)(F)F)cc1C(F)(F)F. The molecular weight excluding hydrogens is 609 g/mol. The van der Waals surface area contributed by atoms with Crippen molar-refractivity contribution in [1.29, 1.82) is 0 Å². The molecule has 0 bridgehead atoms. The summed E-state index contributed by atoms with van der Waals surface area (Å²) in [4.78, 5) is 16.2. The molecule has 3 rings (SSSR count). The van der Waals surface area contributed by atoms with Crippen molar-refractivity contribution >= 4 is 64.0 Å². The van der Waals surface area contributed by atoms with Gasteiger partial charge in [-0.3, -0.25) is 15.6 Å². The number of amides is 1.